The molecule has 134 valence electrons. The van der Waals surface area contributed by atoms with Crippen LogP contribution in [0, 0.1) is 0 Å². The summed E-state index contributed by atoms with van der Waals surface area (Å²) in [6.07, 6.45) is 2.61. The number of thioether (sulfide) groups is 1. The molecule has 1 aliphatic rings. The molecule has 1 heterocycles. The molecule has 0 saturated carbocycles. The predicted octanol–water partition coefficient (Wildman–Crippen LogP) is 3.09. The second-order valence-corrected chi connectivity index (χ2v) is 8.51. The van der Waals surface area contributed by atoms with Crippen molar-refractivity contribution in [1.82, 2.24) is 15.5 Å². The molecule has 24 heavy (non-hydrogen) atoms. The summed E-state index contributed by atoms with van der Waals surface area (Å²) in [6.45, 7) is 8.36. The molecule has 5 heteroatoms. The molecule has 0 radical (unpaired) electrons. The van der Waals surface area contributed by atoms with Gasteiger partial charge in [-0.3, -0.25) is 4.99 Å². The first-order chi connectivity index (χ1) is 11.5. The van der Waals surface area contributed by atoms with Gasteiger partial charge in [-0.15, -0.1) is 0 Å². The highest BCUT2D eigenvalue weighted by atomic mass is 32.2. The molecule has 0 spiro atoms. The van der Waals surface area contributed by atoms with Gasteiger partial charge >= 0.3 is 0 Å². The van der Waals surface area contributed by atoms with Crippen LogP contribution in [-0.4, -0.2) is 48.5 Å². The highest BCUT2D eigenvalue weighted by molar-refractivity contribution is 8.00. The van der Waals surface area contributed by atoms with Crippen LogP contribution >= 0.6 is 11.8 Å². The molecule has 0 aliphatic carbocycles. The van der Waals surface area contributed by atoms with Gasteiger partial charge in [0.1, 0.15) is 0 Å². The molecule has 1 aromatic rings. The maximum Gasteiger partial charge on any atom is 0.191 e. The van der Waals surface area contributed by atoms with Crippen LogP contribution in [0.4, 0.5) is 0 Å². The van der Waals surface area contributed by atoms with Crippen molar-refractivity contribution < 1.29 is 0 Å². The third-order valence-corrected chi connectivity index (χ3v) is 6.14. The number of nitrogens with one attached hydrogen (secondary N) is 2. The smallest absolute Gasteiger partial charge is 0.191 e. The van der Waals surface area contributed by atoms with Gasteiger partial charge < -0.3 is 15.5 Å². The van der Waals surface area contributed by atoms with Crippen LogP contribution in [0.5, 0.6) is 0 Å². The third kappa shape index (κ3) is 6.02. The minimum atomic E-state index is 0.349. The zero-order valence-electron chi connectivity index (χ0n) is 15.6. The lowest BCUT2D eigenvalue weighted by Gasteiger charge is -2.24. The standard InChI is InChI=1S/C19H32N4S/c1-5-23(4)14-17-9-6-8-16(12-17)13-21-18(20-3)22-15-19(2)10-7-11-24-19/h6,8-9,12H,5,7,10-11,13-15H2,1-4H3,(H2,20,21,22). The normalized spacial score (nSPS) is 21.3. The maximum atomic E-state index is 4.36. The van der Waals surface area contributed by atoms with Gasteiger partial charge in [-0.2, -0.15) is 11.8 Å². The first-order valence-electron chi connectivity index (χ1n) is 8.89. The Morgan fingerprint density at radius 1 is 1.33 bits per heavy atom. The van der Waals surface area contributed by atoms with Crippen LogP contribution in [-0.2, 0) is 13.1 Å². The number of benzene rings is 1. The lowest BCUT2D eigenvalue weighted by atomic mass is 10.1. The summed E-state index contributed by atoms with van der Waals surface area (Å²) in [4.78, 5) is 6.67. The van der Waals surface area contributed by atoms with E-state index in [0.717, 1.165) is 32.1 Å². The molecule has 1 saturated heterocycles. The Hall–Kier alpha value is -1.20. The van der Waals surface area contributed by atoms with Crippen LogP contribution in [0.2, 0.25) is 0 Å². The number of aliphatic imine (C=N–C) groups is 1. The van der Waals surface area contributed by atoms with Crippen molar-refractivity contribution in [1.29, 1.82) is 0 Å². The Balaban J connectivity index is 1.83. The van der Waals surface area contributed by atoms with Crippen LogP contribution in [0.1, 0.15) is 37.8 Å². The summed E-state index contributed by atoms with van der Waals surface area (Å²) in [6, 6.07) is 8.79. The fourth-order valence-corrected chi connectivity index (χ4v) is 4.16. The van der Waals surface area contributed by atoms with E-state index in [2.05, 4.69) is 77.4 Å². The average molecular weight is 349 g/mol. The molecular weight excluding hydrogens is 316 g/mol. The number of guanidine groups is 1. The molecule has 1 fully saturated rings. The molecule has 0 bridgehead atoms. The molecule has 1 atom stereocenters. The fourth-order valence-electron chi connectivity index (χ4n) is 2.91. The van der Waals surface area contributed by atoms with E-state index in [9.17, 15) is 0 Å². The monoisotopic (exact) mass is 348 g/mol. The second kappa shape index (κ2) is 9.33. The van der Waals surface area contributed by atoms with E-state index in [1.165, 1.54) is 29.7 Å². The van der Waals surface area contributed by atoms with Crippen LogP contribution < -0.4 is 10.6 Å². The summed E-state index contributed by atoms with van der Waals surface area (Å²) in [7, 11) is 3.99. The summed E-state index contributed by atoms with van der Waals surface area (Å²) >= 11 is 2.07. The topological polar surface area (TPSA) is 39.7 Å². The van der Waals surface area contributed by atoms with E-state index in [-0.39, 0.29) is 0 Å². The molecule has 2 rings (SSSR count). The minimum Gasteiger partial charge on any atom is -0.355 e. The van der Waals surface area contributed by atoms with Gasteiger partial charge in [-0.1, -0.05) is 31.2 Å². The molecule has 2 N–H and O–H groups in total. The van der Waals surface area contributed by atoms with Gasteiger partial charge in [0.2, 0.25) is 0 Å². The zero-order chi connectivity index (χ0) is 17.4. The van der Waals surface area contributed by atoms with Gasteiger partial charge in [0.15, 0.2) is 5.96 Å². The van der Waals surface area contributed by atoms with Gasteiger partial charge in [0, 0.05) is 31.4 Å². The molecular formula is C19H32N4S. The van der Waals surface area contributed by atoms with Crippen molar-refractivity contribution in [3.63, 3.8) is 0 Å². The van der Waals surface area contributed by atoms with Gasteiger partial charge in [-0.25, -0.2) is 0 Å². The largest absolute Gasteiger partial charge is 0.355 e. The molecule has 1 aliphatic heterocycles. The lowest BCUT2D eigenvalue weighted by molar-refractivity contribution is 0.345. The Labute approximate surface area is 151 Å². The van der Waals surface area contributed by atoms with Crippen LogP contribution in [0.3, 0.4) is 0 Å². The van der Waals surface area contributed by atoms with Crippen molar-refractivity contribution in [3.8, 4) is 0 Å². The van der Waals surface area contributed by atoms with Crippen molar-refractivity contribution >= 4 is 17.7 Å². The van der Waals surface area contributed by atoms with E-state index >= 15 is 0 Å². The maximum absolute atomic E-state index is 4.36. The highest BCUT2D eigenvalue weighted by Gasteiger charge is 2.29. The first kappa shape index (κ1) is 19.1. The Morgan fingerprint density at radius 2 is 2.12 bits per heavy atom. The van der Waals surface area contributed by atoms with Crippen molar-refractivity contribution in [2.24, 2.45) is 4.99 Å². The van der Waals surface area contributed by atoms with E-state index in [1.54, 1.807) is 0 Å². The predicted molar refractivity (Wildman–Crippen MR) is 107 cm³/mol. The number of rotatable bonds is 7. The summed E-state index contributed by atoms with van der Waals surface area (Å²) in [5, 5.41) is 6.93. The van der Waals surface area contributed by atoms with E-state index in [4.69, 9.17) is 0 Å². The lowest BCUT2D eigenvalue weighted by Crippen LogP contribution is -2.43. The number of hydrogen-bond acceptors (Lipinski definition) is 3. The zero-order valence-corrected chi connectivity index (χ0v) is 16.4. The van der Waals surface area contributed by atoms with Gasteiger partial charge in [0.25, 0.3) is 0 Å². The fraction of sp³-hybridized carbons (Fsp3) is 0.632. The van der Waals surface area contributed by atoms with E-state index in [0.29, 0.717) is 4.75 Å². The molecule has 0 amide bonds. The quantitative estimate of drug-likeness (QED) is 0.587. The molecule has 0 aromatic heterocycles. The Kier molecular flexibility index (Phi) is 7.43. The first-order valence-corrected chi connectivity index (χ1v) is 9.88. The van der Waals surface area contributed by atoms with Crippen LogP contribution in [0.25, 0.3) is 0 Å². The molecule has 4 nitrogen and oxygen atoms in total. The van der Waals surface area contributed by atoms with Crippen molar-refractivity contribution in [3.05, 3.63) is 35.4 Å². The average Bonchev–Trinajstić information content (AvgIpc) is 3.02. The molecule has 1 aromatic carbocycles. The van der Waals surface area contributed by atoms with Gasteiger partial charge in [0.05, 0.1) is 0 Å². The van der Waals surface area contributed by atoms with E-state index in [1.807, 2.05) is 7.05 Å². The molecule has 1 unspecified atom stereocenters. The van der Waals surface area contributed by atoms with Gasteiger partial charge in [-0.05, 0) is 50.2 Å². The highest BCUT2D eigenvalue weighted by Crippen LogP contribution is 2.36. The summed E-state index contributed by atoms with van der Waals surface area (Å²) in [5.41, 5.74) is 2.65. The SMILES string of the molecule is CCN(C)Cc1cccc(CNC(=NC)NCC2(C)CCCS2)c1. The minimum absolute atomic E-state index is 0.349. The summed E-state index contributed by atoms with van der Waals surface area (Å²) in [5.74, 6) is 2.17. The third-order valence-electron chi connectivity index (χ3n) is 4.60. The van der Waals surface area contributed by atoms with Crippen molar-refractivity contribution in [2.45, 2.75) is 44.5 Å². The second-order valence-electron chi connectivity index (χ2n) is 6.83. The van der Waals surface area contributed by atoms with Crippen LogP contribution in [0.15, 0.2) is 29.3 Å². The Bertz CT molecular complexity index is 538. The summed E-state index contributed by atoms with van der Waals surface area (Å²) < 4.78 is 0.349. The van der Waals surface area contributed by atoms with Crippen molar-refractivity contribution in [2.75, 3.05) is 32.9 Å². The number of nitrogens with zero attached hydrogens (tertiary/aromatic N) is 2. The Morgan fingerprint density at radius 3 is 2.79 bits per heavy atom. The number of hydrogen-bond donors (Lipinski definition) is 2. The van der Waals surface area contributed by atoms with E-state index < -0.39 is 0 Å².